The summed E-state index contributed by atoms with van der Waals surface area (Å²) in [5, 5.41) is 8.88. The fourth-order valence-corrected chi connectivity index (χ4v) is 6.69. The van der Waals surface area contributed by atoms with Crippen molar-refractivity contribution in [3.8, 4) is 0 Å². The molecule has 2 aliphatic rings. The molecule has 1 aromatic carbocycles. The Kier molecular flexibility index (Phi) is 6.27. The van der Waals surface area contributed by atoms with E-state index in [-0.39, 0.29) is 27.4 Å². The van der Waals surface area contributed by atoms with E-state index in [4.69, 9.17) is 28.0 Å². The lowest BCUT2D eigenvalue weighted by Gasteiger charge is -2.30. The first-order valence-corrected chi connectivity index (χ1v) is 13.0. The van der Waals surface area contributed by atoms with Gasteiger partial charge in [-0.3, -0.25) is 4.79 Å². The van der Waals surface area contributed by atoms with E-state index in [0.717, 1.165) is 20.9 Å². The number of fused-ring (bicyclic) bond motifs is 1. The van der Waals surface area contributed by atoms with Gasteiger partial charge < -0.3 is 15.1 Å². The van der Waals surface area contributed by atoms with Crippen molar-refractivity contribution in [2.24, 2.45) is 5.16 Å². The molecule has 12 heteroatoms. The minimum atomic E-state index is -4.75. The number of hydrogen-bond donors (Lipinski definition) is 1. The van der Waals surface area contributed by atoms with E-state index in [1.807, 2.05) is 24.4 Å². The summed E-state index contributed by atoms with van der Waals surface area (Å²) in [5.41, 5.74) is -1.10. The third-order valence-corrected chi connectivity index (χ3v) is 8.74. The molecule has 0 aliphatic carbocycles. The molecular formula is C23H18Cl2F3N3O2S2. The van der Waals surface area contributed by atoms with Crippen molar-refractivity contribution in [2.45, 2.75) is 44.8 Å². The van der Waals surface area contributed by atoms with Crippen molar-refractivity contribution in [3.63, 3.8) is 0 Å². The van der Waals surface area contributed by atoms with Gasteiger partial charge in [-0.25, -0.2) is 0 Å². The summed E-state index contributed by atoms with van der Waals surface area (Å²) in [5.74, 6) is 0.0298. The molecule has 35 heavy (non-hydrogen) atoms. The topological polar surface area (TPSA) is 53.9 Å². The van der Waals surface area contributed by atoms with Crippen LogP contribution in [0.15, 0.2) is 40.9 Å². The summed E-state index contributed by atoms with van der Waals surface area (Å²) in [6, 6.07) is 7.64. The Morgan fingerprint density at radius 3 is 2.63 bits per heavy atom. The van der Waals surface area contributed by atoms with Gasteiger partial charge >= 0.3 is 6.18 Å². The Morgan fingerprint density at radius 2 is 2.00 bits per heavy atom. The van der Waals surface area contributed by atoms with E-state index in [0.29, 0.717) is 24.5 Å². The third-order valence-electron chi connectivity index (χ3n) is 6.11. The number of thiophene rings is 2. The molecule has 3 aromatic rings. The third kappa shape index (κ3) is 4.41. The highest BCUT2D eigenvalue weighted by Crippen LogP contribution is 2.50. The molecule has 0 radical (unpaired) electrons. The molecule has 1 atom stereocenters. The standard InChI is InChI=1S/C23H18Cl2F3N3O2S2/c1-12-17-10-31(11-18(17)35-20(12)21(32)29-9-16-3-2-4-34-16)19-8-22(33-30-19,23(26,27)28)13-5-14(24)7-15(25)6-13/h2-7H,8-11H2,1H3,(H,29,32). The number of oxime groups is 1. The average Bonchev–Trinajstić information content (AvgIpc) is 3.56. The quantitative estimate of drug-likeness (QED) is 0.379. The summed E-state index contributed by atoms with van der Waals surface area (Å²) < 4.78 is 42.8. The van der Waals surface area contributed by atoms with Crippen molar-refractivity contribution in [3.05, 3.63) is 77.1 Å². The maximum absolute atomic E-state index is 14.3. The zero-order valence-electron chi connectivity index (χ0n) is 18.2. The van der Waals surface area contributed by atoms with Crippen molar-refractivity contribution in [1.82, 2.24) is 10.2 Å². The Balaban J connectivity index is 1.32. The SMILES string of the molecule is Cc1c(C(=O)NCc2cccs2)sc2c1CN(C1=NOC(c3cc(Cl)cc(Cl)c3)(C(F)(F)F)C1)C2. The summed E-state index contributed by atoms with van der Waals surface area (Å²) >= 11 is 14.9. The second-order valence-electron chi connectivity index (χ2n) is 8.33. The van der Waals surface area contributed by atoms with Gasteiger partial charge in [-0.1, -0.05) is 34.4 Å². The predicted octanol–water partition coefficient (Wildman–Crippen LogP) is 6.86. The smallest absolute Gasteiger partial charge is 0.372 e. The van der Waals surface area contributed by atoms with E-state index in [1.165, 1.54) is 29.5 Å². The summed E-state index contributed by atoms with van der Waals surface area (Å²) in [6.45, 7) is 3.01. The molecule has 0 saturated carbocycles. The van der Waals surface area contributed by atoms with Crippen LogP contribution in [0.25, 0.3) is 0 Å². The number of hydrogen-bond acceptors (Lipinski definition) is 6. The molecule has 5 nitrogen and oxygen atoms in total. The predicted molar refractivity (Wildman–Crippen MR) is 131 cm³/mol. The lowest BCUT2D eigenvalue weighted by Crippen LogP contribution is -2.43. The lowest BCUT2D eigenvalue weighted by atomic mass is 9.89. The summed E-state index contributed by atoms with van der Waals surface area (Å²) in [4.78, 5) is 22.2. The second kappa shape index (κ2) is 8.99. The molecule has 1 unspecified atom stereocenters. The van der Waals surface area contributed by atoms with E-state index < -0.39 is 18.2 Å². The highest BCUT2D eigenvalue weighted by Gasteiger charge is 2.63. The first-order chi connectivity index (χ1) is 16.6. The monoisotopic (exact) mass is 559 g/mol. The van der Waals surface area contributed by atoms with Gasteiger partial charge in [0.05, 0.1) is 24.4 Å². The van der Waals surface area contributed by atoms with E-state index in [9.17, 15) is 18.0 Å². The molecule has 184 valence electrons. The summed E-state index contributed by atoms with van der Waals surface area (Å²) in [7, 11) is 0. The maximum atomic E-state index is 14.3. The Morgan fingerprint density at radius 1 is 1.26 bits per heavy atom. The van der Waals surface area contributed by atoms with Gasteiger partial charge in [0.1, 0.15) is 5.84 Å². The normalized spacial score (nSPS) is 19.5. The first kappa shape index (κ1) is 24.4. The molecule has 4 heterocycles. The number of halogens is 5. The van der Waals surface area contributed by atoms with Gasteiger partial charge in [-0.2, -0.15) is 13.2 Å². The van der Waals surface area contributed by atoms with Crippen LogP contribution in [0.4, 0.5) is 13.2 Å². The lowest BCUT2D eigenvalue weighted by molar-refractivity contribution is -0.275. The minimum Gasteiger partial charge on any atom is -0.372 e. The van der Waals surface area contributed by atoms with Gasteiger partial charge in [0.2, 0.25) is 0 Å². The molecule has 0 fully saturated rings. The van der Waals surface area contributed by atoms with Crippen LogP contribution in [0.1, 0.15) is 42.5 Å². The Hall–Kier alpha value is -2.27. The van der Waals surface area contributed by atoms with Crippen LogP contribution < -0.4 is 5.32 Å². The van der Waals surface area contributed by atoms with Crippen molar-refractivity contribution >= 4 is 57.6 Å². The van der Waals surface area contributed by atoms with Crippen LogP contribution in [0.2, 0.25) is 10.0 Å². The zero-order chi connectivity index (χ0) is 25.0. The van der Waals surface area contributed by atoms with Crippen LogP contribution >= 0.6 is 45.9 Å². The van der Waals surface area contributed by atoms with E-state index in [2.05, 4.69) is 10.5 Å². The number of rotatable bonds is 4. The molecular weight excluding hydrogens is 542 g/mol. The largest absolute Gasteiger partial charge is 0.435 e. The number of carbonyl (C=O) groups is 1. The number of nitrogens with one attached hydrogen (secondary N) is 1. The van der Waals surface area contributed by atoms with Crippen LogP contribution in [0.3, 0.4) is 0 Å². The second-order valence-corrected chi connectivity index (χ2v) is 11.3. The Bertz CT molecular complexity index is 1300. The molecule has 1 amide bonds. The highest BCUT2D eigenvalue weighted by molar-refractivity contribution is 7.14. The van der Waals surface area contributed by atoms with Crippen molar-refractivity contribution in [1.29, 1.82) is 0 Å². The molecule has 2 aromatic heterocycles. The van der Waals surface area contributed by atoms with Crippen LogP contribution in [0.5, 0.6) is 0 Å². The number of amidine groups is 1. The molecule has 0 bridgehead atoms. The van der Waals surface area contributed by atoms with Gasteiger partial charge in [0.15, 0.2) is 0 Å². The Labute approximate surface area is 217 Å². The number of amides is 1. The fraction of sp³-hybridized carbons (Fsp3) is 0.304. The summed E-state index contributed by atoms with van der Waals surface area (Å²) in [6.07, 6.45) is -5.25. The number of carbonyl (C=O) groups excluding carboxylic acids is 1. The molecule has 0 spiro atoms. The van der Waals surface area contributed by atoms with Gasteiger partial charge in [-0.15, -0.1) is 22.7 Å². The van der Waals surface area contributed by atoms with E-state index in [1.54, 1.807) is 16.2 Å². The van der Waals surface area contributed by atoms with E-state index >= 15 is 0 Å². The first-order valence-electron chi connectivity index (χ1n) is 10.5. The van der Waals surface area contributed by atoms with Crippen LogP contribution in [-0.4, -0.2) is 22.8 Å². The van der Waals surface area contributed by atoms with Gasteiger partial charge in [0, 0.05) is 31.9 Å². The van der Waals surface area contributed by atoms with Gasteiger partial charge in [-0.05, 0) is 47.7 Å². The van der Waals surface area contributed by atoms with Gasteiger partial charge in [0.25, 0.3) is 11.5 Å². The van der Waals surface area contributed by atoms with Crippen molar-refractivity contribution < 1.29 is 22.8 Å². The molecule has 1 N–H and O–H groups in total. The zero-order valence-corrected chi connectivity index (χ0v) is 21.4. The maximum Gasteiger partial charge on any atom is 0.435 e. The van der Waals surface area contributed by atoms with Crippen molar-refractivity contribution in [2.75, 3.05) is 0 Å². The molecule has 2 aliphatic heterocycles. The average molecular weight is 560 g/mol. The van der Waals surface area contributed by atoms with Crippen LogP contribution in [0, 0.1) is 6.92 Å². The highest BCUT2D eigenvalue weighted by atomic mass is 35.5. The number of nitrogens with zero attached hydrogens (tertiary/aromatic N) is 2. The minimum absolute atomic E-state index is 0.0806. The molecule has 5 rings (SSSR count). The molecule has 0 saturated heterocycles. The van der Waals surface area contributed by atoms with Crippen LogP contribution in [-0.2, 0) is 30.1 Å². The number of alkyl halides is 3. The number of benzene rings is 1. The fourth-order valence-electron chi connectivity index (χ4n) is 4.27.